The van der Waals surface area contributed by atoms with E-state index in [4.69, 9.17) is 9.47 Å². The van der Waals surface area contributed by atoms with Gasteiger partial charge in [-0.1, -0.05) is 36.4 Å². The van der Waals surface area contributed by atoms with E-state index in [1.54, 1.807) is 51.1 Å². The number of ether oxygens (including phenoxy) is 2. The summed E-state index contributed by atoms with van der Waals surface area (Å²) in [7, 11) is 0. The first-order chi connectivity index (χ1) is 16.7. The van der Waals surface area contributed by atoms with Gasteiger partial charge < -0.3 is 24.8 Å². The molecule has 0 atom stereocenters. The molecule has 1 heterocycles. The van der Waals surface area contributed by atoms with Gasteiger partial charge in [0, 0.05) is 24.8 Å². The first-order valence-electron chi connectivity index (χ1n) is 11.6. The third-order valence-electron chi connectivity index (χ3n) is 5.60. The van der Waals surface area contributed by atoms with Crippen molar-refractivity contribution in [1.29, 1.82) is 0 Å². The average Bonchev–Trinajstić information content (AvgIpc) is 2.84. The van der Waals surface area contributed by atoms with Crippen LogP contribution in [0.15, 0.2) is 66.7 Å². The SMILES string of the molecule is CC(C)(C)OC(=O)c1ccc(-c2ccccc2)cc1NC(=O)c1ccc(N2CCOCC2)cc1O. The van der Waals surface area contributed by atoms with Crippen LogP contribution in [0.1, 0.15) is 41.5 Å². The Kier molecular flexibility index (Phi) is 7.07. The highest BCUT2D eigenvalue weighted by atomic mass is 16.6. The molecule has 4 rings (SSSR count). The maximum absolute atomic E-state index is 13.2. The number of hydrogen-bond acceptors (Lipinski definition) is 6. The fraction of sp³-hybridized carbons (Fsp3) is 0.286. The molecule has 0 aliphatic carbocycles. The number of carbonyl (C=O) groups is 2. The van der Waals surface area contributed by atoms with E-state index >= 15 is 0 Å². The highest BCUT2D eigenvalue weighted by Crippen LogP contribution is 2.30. The Morgan fingerprint density at radius 3 is 2.26 bits per heavy atom. The van der Waals surface area contributed by atoms with Crippen LogP contribution in [0.5, 0.6) is 5.75 Å². The predicted molar refractivity (Wildman–Crippen MR) is 136 cm³/mol. The number of rotatable bonds is 5. The summed E-state index contributed by atoms with van der Waals surface area (Å²) in [6.45, 7) is 8.04. The number of amides is 1. The molecule has 7 heteroatoms. The van der Waals surface area contributed by atoms with Crippen molar-refractivity contribution in [3.05, 3.63) is 77.9 Å². The van der Waals surface area contributed by atoms with E-state index in [2.05, 4.69) is 10.2 Å². The van der Waals surface area contributed by atoms with E-state index in [-0.39, 0.29) is 16.9 Å². The molecule has 1 aliphatic rings. The number of morpholine rings is 1. The number of carbonyl (C=O) groups excluding carboxylic acids is 2. The van der Waals surface area contributed by atoms with Crippen molar-refractivity contribution < 1.29 is 24.2 Å². The highest BCUT2D eigenvalue weighted by Gasteiger charge is 2.23. The van der Waals surface area contributed by atoms with Gasteiger partial charge in [-0.05, 0) is 56.2 Å². The van der Waals surface area contributed by atoms with Crippen LogP contribution in [0.25, 0.3) is 11.1 Å². The molecule has 0 unspecified atom stereocenters. The number of esters is 1. The summed E-state index contributed by atoms with van der Waals surface area (Å²) >= 11 is 0. The summed E-state index contributed by atoms with van der Waals surface area (Å²) in [4.78, 5) is 28.2. The minimum Gasteiger partial charge on any atom is -0.507 e. The molecule has 0 spiro atoms. The number of hydrogen-bond donors (Lipinski definition) is 2. The Labute approximate surface area is 205 Å². The smallest absolute Gasteiger partial charge is 0.340 e. The van der Waals surface area contributed by atoms with Gasteiger partial charge in [0.25, 0.3) is 5.91 Å². The van der Waals surface area contributed by atoms with Gasteiger partial charge in [-0.2, -0.15) is 0 Å². The normalized spacial score (nSPS) is 13.9. The van der Waals surface area contributed by atoms with Crippen LogP contribution < -0.4 is 10.2 Å². The van der Waals surface area contributed by atoms with Crippen molar-refractivity contribution in [3.8, 4) is 16.9 Å². The number of nitrogens with one attached hydrogen (secondary N) is 1. The van der Waals surface area contributed by atoms with Crippen LogP contribution >= 0.6 is 0 Å². The summed E-state index contributed by atoms with van der Waals surface area (Å²) in [6.07, 6.45) is 0. The Bertz CT molecular complexity index is 1210. The van der Waals surface area contributed by atoms with Crippen LogP contribution in [-0.2, 0) is 9.47 Å². The lowest BCUT2D eigenvalue weighted by Gasteiger charge is -2.29. The van der Waals surface area contributed by atoms with Crippen LogP contribution in [0.4, 0.5) is 11.4 Å². The van der Waals surface area contributed by atoms with Crippen LogP contribution in [-0.4, -0.2) is 48.9 Å². The van der Waals surface area contributed by atoms with Crippen LogP contribution in [0.2, 0.25) is 0 Å². The summed E-state index contributed by atoms with van der Waals surface area (Å²) in [5.74, 6) is -1.20. The molecule has 0 bridgehead atoms. The zero-order chi connectivity index (χ0) is 25.0. The zero-order valence-electron chi connectivity index (χ0n) is 20.2. The Morgan fingerprint density at radius 2 is 1.60 bits per heavy atom. The van der Waals surface area contributed by atoms with E-state index in [1.165, 1.54) is 0 Å². The minimum atomic E-state index is -0.690. The maximum Gasteiger partial charge on any atom is 0.340 e. The molecule has 35 heavy (non-hydrogen) atoms. The van der Waals surface area contributed by atoms with Crippen LogP contribution in [0.3, 0.4) is 0 Å². The van der Waals surface area contributed by atoms with Crippen molar-refractivity contribution in [2.24, 2.45) is 0 Å². The van der Waals surface area contributed by atoms with E-state index in [1.807, 2.05) is 36.4 Å². The molecule has 2 N–H and O–H groups in total. The Morgan fingerprint density at radius 1 is 0.914 bits per heavy atom. The lowest BCUT2D eigenvalue weighted by Crippen LogP contribution is -2.36. The van der Waals surface area contributed by atoms with Gasteiger partial charge in [0.2, 0.25) is 0 Å². The molecule has 1 amide bonds. The molecule has 3 aromatic rings. The summed E-state index contributed by atoms with van der Waals surface area (Å²) in [5.41, 5.74) is 2.56. The fourth-order valence-corrected chi connectivity index (χ4v) is 3.89. The van der Waals surface area contributed by atoms with Gasteiger partial charge in [0.15, 0.2) is 0 Å². The van der Waals surface area contributed by atoms with E-state index < -0.39 is 17.5 Å². The number of aromatic hydroxyl groups is 1. The zero-order valence-corrected chi connectivity index (χ0v) is 20.2. The van der Waals surface area contributed by atoms with Gasteiger partial charge in [-0.3, -0.25) is 4.79 Å². The number of anilines is 2. The lowest BCUT2D eigenvalue weighted by molar-refractivity contribution is 0.00707. The largest absolute Gasteiger partial charge is 0.507 e. The molecule has 0 radical (unpaired) electrons. The number of benzene rings is 3. The maximum atomic E-state index is 13.2. The van der Waals surface area contributed by atoms with E-state index in [0.29, 0.717) is 18.9 Å². The Hall–Kier alpha value is -3.84. The topological polar surface area (TPSA) is 88.1 Å². The van der Waals surface area contributed by atoms with Gasteiger partial charge in [-0.25, -0.2) is 4.79 Å². The number of phenolic OH excluding ortho intramolecular Hbond substituents is 1. The first-order valence-corrected chi connectivity index (χ1v) is 11.6. The molecule has 7 nitrogen and oxygen atoms in total. The average molecular weight is 475 g/mol. The Balaban J connectivity index is 1.64. The summed E-state index contributed by atoms with van der Waals surface area (Å²) in [5, 5.41) is 13.4. The molecule has 0 aromatic heterocycles. The van der Waals surface area contributed by atoms with Gasteiger partial charge >= 0.3 is 5.97 Å². The minimum absolute atomic E-state index is 0.113. The van der Waals surface area contributed by atoms with E-state index in [0.717, 1.165) is 29.9 Å². The third kappa shape index (κ3) is 6.00. The second-order valence-corrected chi connectivity index (χ2v) is 9.38. The second kappa shape index (κ2) is 10.2. The molecular weight excluding hydrogens is 444 g/mol. The predicted octanol–water partition coefficient (Wildman–Crippen LogP) is 5.10. The van der Waals surface area contributed by atoms with Crippen LogP contribution in [0, 0.1) is 0 Å². The van der Waals surface area contributed by atoms with Gasteiger partial charge in [0.1, 0.15) is 11.4 Å². The third-order valence-corrected chi connectivity index (χ3v) is 5.60. The fourth-order valence-electron chi connectivity index (χ4n) is 3.89. The molecule has 182 valence electrons. The monoisotopic (exact) mass is 474 g/mol. The molecule has 3 aromatic carbocycles. The first kappa shape index (κ1) is 24.3. The second-order valence-electron chi connectivity index (χ2n) is 9.38. The van der Waals surface area contributed by atoms with E-state index in [9.17, 15) is 14.7 Å². The quantitative estimate of drug-likeness (QED) is 0.500. The van der Waals surface area contributed by atoms with Crippen molar-refractivity contribution in [2.45, 2.75) is 26.4 Å². The van der Waals surface area contributed by atoms with Gasteiger partial charge in [-0.15, -0.1) is 0 Å². The summed E-state index contributed by atoms with van der Waals surface area (Å²) in [6, 6.07) is 19.8. The molecule has 0 saturated carbocycles. The highest BCUT2D eigenvalue weighted by molar-refractivity contribution is 6.10. The van der Waals surface area contributed by atoms with Crippen molar-refractivity contribution >= 4 is 23.3 Å². The lowest BCUT2D eigenvalue weighted by atomic mass is 10.0. The number of nitrogens with zero attached hydrogens (tertiary/aromatic N) is 1. The standard InChI is InChI=1S/C28H30N2O5/c1-28(2,3)35-27(33)22-11-9-20(19-7-5-4-6-8-19)17-24(22)29-26(32)23-12-10-21(18-25(23)31)30-13-15-34-16-14-30/h4-12,17-18,31H,13-16H2,1-3H3,(H,29,32). The van der Waals surface area contributed by atoms with Gasteiger partial charge in [0.05, 0.1) is 30.0 Å². The van der Waals surface area contributed by atoms with Crippen molar-refractivity contribution in [2.75, 3.05) is 36.5 Å². The summed E-state index contributed by atoms with van der Waals surface area (Å²) < 4.78 is 10.9. The molecule has 1 saturated heterocycles. The molecule has 1 fully saturated rings. The number of phenols is 1. The van der Waals surface area contributed by atoms with Crippen molar-refractivity contribution in [1.82, 2.24) is 0 Å². The van der Waals surface area contributed by atoms with Crippen molar-refractivity contribution in [3.63, 3.8) is 0 Å². The molecule has 1 aliphatic heterocycles. The molecular formula is C28H30N2O5.